The van der Waals surface area contributed by atoms with Crippen LogP contribution in [-0.4, -0.2) is 25.8 Å². The average Bonchev–Trinajstić information content (AvgIpc) is 2.59. The lowest BCUT2D eigenvalue weighted by molar-refractivity contribution is -0.385. The second-order valence-electron chi connectivity index (χ2n) is 5.40. The molecule has 0 aromatic heterocycles. The Hall–Kier alpha value is -2.86. The highest BCUT2D eigenvalue weighted by Crippen LogP contribution is 2.37. The Labute approximate surface area is 161 Å². The number of anilines is 1. The van der Waals surface area contributed by atoms with Gasteiger partial charge in [0.2, 0.25) is 5.91 Å². The van der Waals surface area contributed by atoms with E-state index in [4.69, 9.17) is 17.3 Å². The largest absolute Gasteiger partial charge is 0.416 e. The number of benzene rings is 2. The predicted molar refractivity (Wildman–Crippen MR) is 93.3 cm³/mol. The zero-order valence-electron chi connectivity index (χ0n) is 13.7. The molecule has 0 saturated carbocycles. The van der Waals surface area contributed by atoms with E-state index < -0.39 is 60.4 Å². The maximum absolute atomic E-state index is 13.0. The number of hydrogen-bond acceptors (Lipinski definition) is 5. The Morgan fingerprint density at radius 1 is 1.21 bits per heavy atom. The number of rotatable bonds is 6. The van der Waals surface area contributed by atoms with Gasteiger partial charge in [-0.1, -0.05) is 17.7 Å². The number of carbonyl (C=O) groups is 1. The van der Waals surface area contributed by atoms with Crippen molar-refractivity contribution in [1.82, 2.24) is 0 Å². The summed E-state index contributed by atoms with van der Waals surface area (Å²) in [6.07, 6.45) is -4.81. The number of hydrogen-bond donors (Lipinski definition) is 1. The SMILES string of the molecule is NC(=O)CN(c1cc(C(F)(F)F)ccc1Cl)S(=O)(=O)c1cccc([N+](=O)[O-])c1. The molecule has 0 unspecified atom stereocenters. The number of halogens is 4. The molecule has 0 aliphatic heterocycles. The van der Waals surface area contributed by atoms with Crippen LogP contribution in [-0.2, 0) is 21.0 Å². The lowest BCUT2D eigenvalue weighted by Crippen LogP contribution is -2.39. The number of nitro groups is 1. The summed E-state index contributed by atoms with van der Waals surface area (Å²) in [4.78, 5) is 20.8. The van der Waals surface area contributed by atoms with Crippen LogP contribution in [0.4, 0.5) is 24.5 Å². The van der Waals surface area contributed by atoms with Crippen molar-refractivity contribution < 1.29 is 31.3 Å². The third-order valence-electron chi connectivity index (χ3n) is 3.46. The fraction of sp³-hybridized carbons (Fsp3) is 0.133. The molecule has 2 aromatic carbocycles. The van der Waals surface area contributed by atoms with Gasteiger partial charge in [-0.05, 0) is 24.3 Å². The highest BCUT2D eigenvalue weighted by Gasteiger charge is 2.34. The summed E-state index contributed by atoms with van der Waals surface area (Å²) >= 11 is 5.87. The Balaban J connectivity index is 2.69. The van der Waals surface area contributed by atoms with Gasteiger partial charge in [0.15, 0.2) is 0 Å². The number of nitrogens with two attached hydrogens (primary N) is 1. The summed E-state index contributed by atoms with van der Waals surface area (Å²) in [6.45, 7) is -1.04. The first-order valence-electron chi connectivity index (χ1n) is 7.26. The second-order valence-corrected chi connectivity index (χ2v) is 7.67. The summed E-state index contributed by atoms with van der Waals surface area (Å²) in [5.41, 5.74) is 2.60. The van der Waals surface area contributed by atoms with Gasteiger partial charge in [-0.3, -0.25) is 19.2 Å². The highest BCUT2D eigenvalue weighted by atomic mass is 35.5. The minimum Gasteiger partial charge on any atom is -0.368 e. The molecule has 28 heavy (non-hydrogen) atoms. The maximum atomic E-state index is 13.0. The van der Waals surface area contributed by atoms with Crippen molar-refractivity contribution in [3.8, 4) is 0 Å². The van der Waals surface area contributed by atoms with Gasteiger partial charge in [-0.15, -0.1) is 0 Å². The number of carbonyl (C=O) groups excluding carboxylic acids is 1. The number of non-ortho nitro benzene ring substituents is 1. The van der Waals surface area contributed by atoms with E-state index in [0.29, 0.717) is 18.2 Å². The molecular formula is C15H11ClF3N3O5S. The van der Waals surface area contributed by atoms with Gasteiger partial charge in [0.05, 0.1) is 26.1 Å². The van der Waals surface area contributed by atoms with Gasteiger partial charge in [0.25, 0.3) is 15.7 Å². The molecule has 2 N–H and O–H groups in total. The van der Waals surface area contributed by atoms with Crippen molar-refractivity contribution in [3.63, 3.8) is 0 Å². The van der Waals surface area contributed by atoms with Gasteiger partial charge in [-0.25, -0.2) is 8.42 Å². The monoisotopic (exact) mass is 437 g/mol. The molecule has 0 radical (unpaired) electrons. The Kier molecular flexibility index (Phi) is 5.85. The number of nitrogens with zero attached hydrogens (tertiary/aromatic N) is 2. The van der Waals surface area contributed by atoms with E-state index >= 15 is 0 Å². The van der Waals surface area contributed by atoms with E-state index in [2.05, 4.69) is 0 Å². The van der Waals surface area contributed by atoms with Crippen LogP contribution in [0, 0.1) is 10.1 Å². The molecule has 0 aliphatic rings. The Bertz CT molecular complexity index is 1040. The normalized spacial score (nSPS) is 11.9. The van der Waals surface area contributed by atoms with Crippen LogP contribution in [0.1, 0.15) is 5.56 Å². The summed E-state index contributed by atoms with van der Waals surface area (Å²) < 4.78 is 65.1. The molecule has 8 nitrogen and oxygen atoms in total. The van der Waals surface area contributed by atoms with Crippen molar-refractivity contribution in [1.29, 1.82) is 0 Å². The fourth-order valence-electron chi connectivity index (χ4n) is 2.21. The smallest absolute Gasteiger partial charge is 0.368 e. The topological polar surface area (TPSA) is 124 Å². The lowest BCUT2D eigenvalue weighted by Gasteiger charge is -2.25. The second kappa shape index (κ2) is 7.64. The molecule has 13 heteroatoms. The predicted octanol–water partition coefficient (Wildman–Crippen LogP) is 2.95. The van der Waals surface area contributed by atoms with Crippen molar-refractivity contribution in [2.45, 2.75) is 11.1 Å². The molecule has 150 valence electrons. The van der Waals surface area contributed by atoms with Crippen molar-refractivity contribution in [2.75, 3.05) is 10.8 Å². The molecule has 2 aromatic rings. The minimum absolute atomic E-state index is 0.270. The number of alkyl halides is 3. The Morgan fingerprint density at radius 3 is 2.39 bits per heavy atom. The lowest BCUT2D eigenvalue weighted by atomic mass is 10.2. The zero-order valence-corrected chi connectivity index (χ0v) is 15.3. The van der Waals surface area contributed by atoms with Gasteiger partial charge in [0.1, 0.15) is 6.54 Å². The van der Waals surface area contributed by atoms with Crippen molar-refractivity contribution >= 4 is 38.9 Å². The molecule has 0 saturated heterocycles. The van der Waals surface area contributed by atoms with E-state index in [1.54, 1.807) is 0 Å². The molecule has 0 aliphatic carbocycles. The molecule has 0 atom stereocenters. The zero-order chi connectivity index (χ0) is 21.3. The van der Waals surface area contributed by atoms with Crippen LogP contribution in [0.3, 0.4) is 0 Å². The first-order valence-corrected chi connectivity index (χ1v) is 9.08. The number of amides is 1. The van der Waals surface area contributed by atoms with Crippen LogP contribution < -0.4 is 10.0 Å². The molecule has 1 amide bonds. The van der Waals surface area contributed by atoms with Crippen molar-refractivity contribution in [3.05, 3.63) is 63.2 Å². The van der Waals surface area contributed by atoms with Crippen molar-refractivity contribution in [2.24, 2.45) is 5.73 Å². The van der Waals surface area contributed by atoms with E-state index in [9.17, 15) is 36.5 Å². The molecule has 0 spiro atoms. The van der Waals surface area contributed by atoms with Crippen LogP contribution in [0.25, 0.3) is 0 Å². The number of primary amides is 1. The minimum atomic E-state index is -4.81. The highest BCUT2D eigenvalue weighted by molar-refractivity contribution is 7.92. The molecule has 0 fully saturated rings. The van der Waals surface area contributed by atoms with Crippen LogP contribution in [0.15, 0.2) is 47.4 Å². The maximum Gasteiger partial charge on any atom is 0.416 e. The van der Waals surface area contributed by atoms with Crippen LogP contribution in [0.5, 0.6) is 0 Å². The van der Waals surface area contributed by atoms with E-state index in [1.165, 1.54) is 0 Å². The standard InChI is InChI=1S/C15H11ClF3N3O5S/c16-12-5-4-9(15(17,18)19)6-13(12)21(8-14(20)23)28(26,27)11-3-1-2-10(7-11)22(24)25/h1-7H,8H2,(H2,20,23). The fourth-order valence-corrected chi connectivity index (χ4v) is 3.96. The van der Waals surface area contributed by atoms with E-state index in [1.807, 2.05) is 0 Å². The molecule has 0 bridgehead atoms. The van der Waals surface area contributed by atoms with Crippen LogP contribution in [0.2, 0.25) is 5.02 Å². The summed E-state index contributed by atoms with van der Waals surface area (Å²) in [6, 6.07) is 5.67. The summed E-state index contributed by atoms with van der Waals surface area (Å²) in [7, 11) is -4.71. The number of sulfonamides is 1. The van der Waals surface area contributed by atoms with Gasteiger partial charge in [0, 0.05) is 12.1 Å². The average molecular weight is 438 g/mol. The summed E-state index contributed by atoms with van der Waals surface area (Å²) in [5.74, 6) is -1.18. The molecular weight excluding hydrogens is 427 g/mol. The summed E-state index contributed by atoms with van der Waals surface area (Å²) in [5, 5.41) is 10.5. The van der Waals surface area contributed by atoms with E-state index in [-0.39, 0.29) is 4.31 Å². The quantitative estimate of drug-likeness (QED) is 0.549. The third-order valence-corrected chi connectivity index (χ3v) is 5.53. The number of nitro benzene ring substituents is 1. The van der Waals surface area contributed by atoms with Gasteiger partial charge < -0.3 is 5.73 Å². The molecule has 0 heterocycles. The van der Waals surface area contributed by atoms with Gasteiger partial charge >= 0.3 is 6.18 Å². The van der Waals surface area contributed by atoms with Gasteiger partial charge in [-0.2, -0.15) is 13.2 Å². The van der Waals surface area contributed by atoms with Crippen LogP contribution >= 0.6 is 11.6 Å². The third kappa shape index (κ3) is 4.51. The first kappa shape index (κ1) is 21.4. The Morgan fingerprint density at radius 2 is 1.86 bits per heavy atom. The van der Waals surface area contributed by atoms with E-state index in [0.717, 1.165) is 24.3 Å². The molecule has 2 rings (SSSR count). The first-order chi connectivity index (χ1) is 12.8.